The van der Waals surface area contributed by atoms with Crippen molar-refractivity contribution >= 4 is 12.1 Å². The Labute approximate surface area is 163 Å². The molecule has 4 aliphatic rings. The maximum atomic E-state index is 12.9. The summed E-state index contributed by atoms with van der Waals surface area (Å²) in [7, 11) is 0. The van der Waals surface area contributed by atoms with E-state index in [2.05, 4.69) is 24.3 Å². The average molecular weight is 377 g/mol. The van der Waals surface area contributed by atoms with Gasteiger partial charge in [0.05, 0.1) is 0 Å². The normalized spacial score (nSPS) is 25.3. The summed E-state index contributed by atoms with van der Waals surface area (Å²) in [5.74, 6) is -0.528. The Morgan fingerprint density at radius 3 is 2.14 bits per heavy atom. The standard InChI is InChI=1S/C23H23NO4/c25-21(26)23-11-9-15(10-12-23)13-24(23)22(27)28-14-20-18-7-3-1-5-16(18)17-6-2-4-8-19(17)20/h1-8,15,20H,9-14H2,(H,25,26). The first-order valence-corrected chi connectivity index (χ1v) is 9.96. The number of hydrogen-bond donors (Lipinski definition) is 1. The van der Waals surface area contributed by atoms with E-state index >= 15 is 0 Å². The quantitative estimate of drug-likeness (QED) is 0.868. The van der Waals surface area contributed by atoms with Gasteiger partial charge < -0.3 is 9.84 Å². The number of carbonyl (C=O) groups excluding carboxylic acids is 1. The third-order valence-electron chi connectivity index (χ3n) is 6.84. The maximum absolute atomic E-state index is 12.9. The van der Waals surface area contributed by atoms with Crippen LogP contribution < -0.4 is 0 Å². The first-order chi connectivity index (χ1) is 13.6. The number of carboxylic acids is 1. The summed E-state index contributed by atoms with van der Waals surface area (Å²) in [6.45, 7) is 0.715. The topological polar surface area (TPSA) is 66.8 Å². The molecule has 1 saturated carbocycles. The van der Waals surface area contributed by atoms with Gasteiger partial charge in [0.1, 0.15) is 12.1 Å². The molecule has 0 aromatic heterocycles. The van der Waals surface area contributed by atoms with Crippen LogP contribution in [0.25, 0.3) is 11.1 Å². The molecule has 0 radical (unpaired) electrons. The number of aliphatic carboxylic acids is 1. The molecule has 0 spiro atoms. The molecule has 2 heterocycles. The fraction of sp³-hybridized carbons (Fsp3) is 0.391. The minimum Gasteiger partial charge on any atom is -0.479 e. The van der Waals surface area contributed by atoms with Gasteiger partial charge in [0.2, 0.25) is 0 Å². The Morgan fingerprint density at radius 1 is 1.00 bits per heavy atom. The summed E-state index contributed by atoms with van der Waals surface area (Å²) >= 11 is 0. The number of fused-ring (bicyclic) bond motifs is 6. The predicted octanol–water partition coefficient (Wildman–Crippen LogP) is 4.26. The highest BCUT2D eigenvalue weighted by Gasteiger charge is 2.54. The molecule has 6 rings (SSSR count). The molecule has 0 unspecified atom stereocenters. The molecule has 3 fully saturated rings. The monoisotopic (exact) mass is 377 g/mol. The Morgan fingerprint density at radius 2 is 1.57 bits per heavy atom. The SMILES string of the molecule is O=C(OCC1c2ccccc2-c2ccccc21)N1CC2CCC1(C(=O)O)CC2. The van der Waals surface area contributed by atoms with Crippen molar-refractivity contribution in [2.75, 3.05) is 13.2 Å². The molecule has 5 heteroatoms. The molecule has 2 aliphatic heterocycles. The number of nitrogens with zero attached hydrogens (tertiary/aromatic N) is 1. The second-order valence-corrected chi connectivity index (χ2v) is 8.19. The van der Waals surface area contributed by atoms with E-state index in [0.29, 0.717) is 25.3 Å². The molecule has 28 heavy (non-hydrogen) atoms. The highest BCUT2D eigenvalue weighted by atomic mass is 16.6. The molecule has 1 amide bonds. The zero-order valence-electron chi connectivity index (χ0n) is 15.6. The van der Waals surface area contributed by atoms with Gasteiger partial charge in [-0.25, -0.2) is 9.59 Å². The largest absolute Gasteiger partial charge is 0.479 e. The third kappa shape index (κ3) is 2.45. The first-order valence-electron chi connectivity index (χ1n) is 9.96. The van der Waals surface area contributed by atoms with Crippen LogP contribution in [-0.4, -0.2) is 40.8 Å². The minimum atomic E-state index is -1.09. The van der Waals surface area contributed by atoms with Gasteiger partial charge in [-0.3, -0.25) is 4.90 Å². The summed E-state index contributed by atoms with van der Waals surface area (Å²) in [6.07, 6.45) is 2.31. The van der Waals surface area contributed by atoms with Crippen LogP contribution in [0.3, 0.4) is 0 Å². The van der Waals surface area contributed by atoms with Crippen LogP contribution in [-0.2, 0) is 9.53 Å². The van der Waals surface area contributed by atoms with Gasteiger partial charge in [0.25, 0.3) is 0 Å². The number of hydrogen-bond acceptors (Lipinski definition) is 3. The number of carboxylic acid groups (broad SMARTS) is 1. The van der Waals surface area contributed by atoms with Crippen molar-refractivity contribution in [1.82, 2.24) is 4.90 Å². The van der Waals surface area contributed by atoms with Gasteiger partial charge in [-0.1, -0.05) is 48.5 Å². The lowest BCUT2D eigenvalue weighted by atomic mass is 9.70. The minimum absolute atomic E-state index is 0.0147. The Bertz CT molecular complexity index is 900. The third-order valence-corrected chi connectivity index (χ3v) is 6.84. The smallest absolute Gasteiger partial charge is 0.410 e. The average Bonchev–Trinajstić information content (AvgIpc) is 3.06. The fourth-order valence-corrected chi connectivity index (χ4v) is 5.29. The van der Waals surface area contributed by atoms with E-state index in [1.807, 2.05) is 24.3 Å². The zero-order valence-corrected chi connectivity index (χ0v) is 15.6. The maximum Gasteiger partial charge on any atom is 0.410 e. The van der Waals surface area contributed by atoms with E-state index in [1.54, 1.807) is 0 Å². The van der Waals surface area contributed by atoms with Crippen molar-refractivity contribution in [3.05, 3.63) is 59.7 Å². The summed E-state index contributed by atoms with van der Waals surface area (Å²) in [5.41, 5.74) is 3.59. The van der Waals surface area contributed by atoms with E-state index in [-0.39, 0.29) is 12.5 Å². The molecule has 2 saturated heterocycles. The molecule has 2 aliphatic carbocycles. The van der Waals surface area contributed by atoms with Crippen molar-refractivity contribution in [3.63, 3.8) is 0 Å². The van der Waals surface area contributed by atoms with Crippen LogP contribution in [0.1, 0.15) is 42.7 Å². The van der Waals surface area contributed by atoms with E-state index < -0.39 is 17.6 Å². The molecule has 2 bridgehead atoms. The van der Waals surface area contributed by atoms with Crippen molar-refractivity contribution in [1.29, 1.82) is 0 Å². The molecule has 0 atom stereocenters. The lowest BCUT2D eigenvalue weighted by Crippen LogP contribution is -2.64. The summed E-state index contributed by atoms with van der Waals surface area (Å²) < 4.78 is 5.73. The summed E-state index contributed by atoms with van der Waals surface area (Å²) in [4.78, 5) is 26.4. The van der Waals surface area contributed by atoms with Crippen molar-refractivity contribution in [2.45, 2.75) is 37.1 Å². The molecule has 2 aromatic rings. The van der Waals surface area contributed by atoms with Gasteiger partial charge in [-0.2, -0.15) is 0 Å². The summed E-state index contributed by atoms with van der Waals surface area (Å²) in [5, 5.41) is 9.82. The summed E-state index contributed by atoms with van der Waals surface area (Å²) in [6, 6.07) is 16.4. The van der Waals surface area contributed by atoms with E-state index in [9.17, 15) is 14.7 Å². The first kappa shape index (κ1) is 17.3. The molecule has 144 valence electrons. The lowest BCUT2D eigenvalue weighted by Gasteiger charge is -2.51. The van der Waals surface area contributed by atoms with Gasteiger partial charge in [0.15, 0.2) is 0 Å². The second-order valence-electron chi connectivity index (χ2n) is 8.19. The number of rotatable bonds is 3. The zero-order chi connectivity index (χ0) is 19.3. The Kier molecular flexibility index (Phi) is 3.93. The van der Waals surface area contributed by atoms with Crippen LogP contribution in [0.4, 0.5) is 4.79 Å². The van der Waals surface area contributed by atoms with Crippen LogP contribution >= 0.6 is 0 Å². The van der Waals surface area contributed by atoms with Gasteiger partial charge in [-0.05, 0) is 53.9 Å². The van der Waals surface area contributed by atoms with E-state index in [0.717, 1.165) is 24.0 Å². The number of amides is 1. The molecular weight excluding hydrogens is 354 g/mol. The lowest BCUT2D eigenvalue weighted by molar-refractivity contribution is -0.159. The number of carbonyl (C=O) groups is 2. The van der Waals surface area contributed by atoms with Gasteiger partial charge in [0, 0.05) is 12.5 Å². The Balaban J connectivity index is 1.38. The van der Waals surface area contributed by atoms with Crippen molar-refractivity contribution in [2.24, 2.45) is 5.92 Å². The van der Waals surface area contributed by atoms with Gasteiger partial charge >= 0.3 is 12.1 Å². The van der Waals surface area contributed by atoms with Crippen LogP contribution in [0.2, 0.25) is 0 Å². The van der Waals surface area contributed by atoms with Crippen LogP contribution in [0, 0.1) is 5.92 Å². The van der Waals surface area contributed by atoms with Crippen molar-refractivity contribution in [3.8, 4) is 11.1 Å². The van der Waals surface area contributed by atoms with Crippen LogP contribution in [0.5, 0.6) is 0 Å². The number of ether oxygens (including phenoxy) is 1. The fourth-order valence-electron chi connectivity index (χ4n) is 5.29. The Hall–Kier alpha value is -2.82. The molecule has 5 nitrogen and oxygen atoms in total. The predicted molar refractivity (Wildman–Crippen MR) is 104 cm³/mol. The second kappa shape index (κ2) is 6.36. The highest BCUT2D eigenvalue weighted by molar-refractivity contribution is 5.85. The van der Waals surface area contributed by atoms with E-state index in [1.165, 1.54) is 16.0 Å². The van der Waals surface area contributed by atoms with Crippen molar-refractivity contribution < 1.29 is 19.4 Å². The van der Waals surface area contributed by atoms with Crippen LogP contribution in [0.15, 0.2) is 48.5 Å². The molecule has 1 N–H and O–H groups in total. The van der Waals surface area contributed by atoms with Gasteiger partial charge in [-0.15, -0.1) is 0 Å². The molecular formula is C23H23NO4. The van der Waals surface area contributed by atoms with E-state index in [4.69, 9.17) is 4.74 Å². The highest BCUT2D eigenvalue weighted by Crippen LogP contribution is 2.46. The number of benzene rings is 2. The molecule has 2 aromatic carbocycles. The number of piperidine rings is 2.